The molecule has 0 aliphatic heterocycles. The number of nitrogens with zero attached hydrogens (tertiary/aromatic N) is 1. The molecule has 0 saturated heterocycles. The number of benzene rings is 1. The van der Waals surface area contributed by atoms with Gasteiger partial charge in [-0.2, -0.15) is 4.98 Å². The van der Waals surface area contributed by atoms with Crippen LogP contribution in [0.3, 0.4) is 0 Å². The molecule has 0 aliphatic carbocycles. The van der Waals surface area contributed by atoms with Crippen LogP contribution in [0.4, 0.5) is 0 Å². The Morgan fingerprint density at radius 1 is 1.27 bits per heavy atom. The zero-order valence-corrected chi connectivity index (χ0v) is 10.1. The lowest BCUT2D eigenvalue weighted by Gasteiger charge is -2.19. The fraction of sp³-hybridized carbons (Fsp3) is 0.417. The number of aromatic nitrogens is 1. The van der Waals surface area contributed by atoms with Gasteiger partial charge in [0.25, 0.3) is 5.35 Å². The lowest BCUT2D eigenvalue weighted by Crippen LogP contribution is -2.11. The number of oxazole rings is 1. The Hall–Kier alpha value is -1.02. The first-order chi connectivity index (χ1) is 6.88. The topological polar surface area (TPSA) is 26.0 Å². The highest BCUT2D eigenvalue weighted by Gasteiger charge is 2.17. The summed E-state index contributed by atoms with van der Waals surface area (Å²) in [4.78, 5) is 4.13. The minimum absolute atomic E-state index is 0.109. The average Bonchev–Trinajstić information content (AvgIpc) is 2.44. The van der Waals surface area contributed by atoms with Crippen LogP contribution in [0.15, 0.2) is 16.5 Å². The lowest BCUT2D eigenvalue weighted by molar-refractivity contribution is 0.580. The molecule has 0 bridgehead atoms. The Balaban J connectivity index is 2.72. The van der Waals surface area contributed by atoms with E-state index in [4.69, 9.17) is 16.0 Å². The highest BCUT2D eigenvalue weighted by molar-refractivity contribution is 6.28. The van der Waals surface area contributed by atoms with Crippen LogP contribution >= 0.6 is 11.6 Å². The SMILES string of the molecule is Cc1cc(C(C)(C)C)cc2oc(Cl)nc12. The van der Waals surface area contributed by atoms with Gasteiger partial charge in [0.1, 0.15) is 5.52 Å². The molecule has 1 heterocycles. The molecule has 0 spiro atoms. The van der Waals surface area contributed by atoms with Crippen LogP contribution in [0.2, 0.25) is 5.35 Å². The molecule has 80 valence electrons. The maximum atomic E-state index is 5.74. The van der Waals surface area contributed by atoms with Crippen LogP contribution in [0.25, 0.3) is 11.1 Å². The number of halogens is 1. The summed E-state index contributed by atoms with van der Waals surface area (Å²) in [7, 11) is 0. The Bertz CT molecular complexity index is 508. The fourth-order valence-corrected chi connectivity index (χ4v) is 1.77. The Kier molecular flexibility index (Phi) is 2.27. The van der Waals surface area contributed by atoms with Crippen LogP contribution < -0.4 is 0 Å². The molecule has 0 atom stereocenters. The molecule has 0 fully saturated rings. The van der Waals surface area contributed by atoms with Crippen LogP contribution in [0.5, 0.6) is 0 Å². The van der Waals surface area contributed by atoms with E-state index >= 15 is 0 Å². The smallest absolute Gasteiger partial charge is 0.293 e. The summed E-state index contributed by atoms with van der Waals surface area (Å²) in [5, 5.41) is 0.208. The van der Waals surface area contributed by atoms with Crippen molar-refractivity contribution in [1.82, 2.24) is 4.98 Å². The Morgan fingerprint density at radius 3 is 2.53 bits per heavy atom. The first kappa shape index (κ1) is 10.5. The molecule has 0 saturated carbocycles. The predicted molar refractivity (Wildman–Crippen MR) is 62.5 cm³/mol. The van der Waals surface area contributed by atoms with Crippen molar-refractivity contribution in [1.29, 1.82) is 0 Å². The molecule has 0 amide bonds. The van der Waals surface area contributed by atoms with Crippen molar-refractivity contribution in [3.8, 4) is 0 Å². The van der Waals surface area contributed by atoms with Crippen LogP contribution in [-0.2, 0) is 5.41 Å². The van der Waals surface area contributed by atoms with Crippen LogP contribution in [-0.4, -0.2) is 4.98 Å². The van der Waals surface area contributed by atoms with Crippen molar-refractivity contribution in [3.05, 3.63) is 28.6 Å². The lowest BCUT2D eigenvalue weighted by atomic mass is 9.86. The molecule has 1 aromatic heterocycles. The van der Waals surface area contributed by atoms with Crippen molar-refractivity contribution < 1.29 is 4.42 Å². The second-order valence-electron chi connectivity index (χ2n) is 4.86. The number of hydrogen-bond donors (Lipinski definition) is 0. The van der Waals surface area contributed by atoms with Crippen LogP contribution in [0, 0.1) is 6.92 Å². The van der Waals surface area contributed by atoms with Crippen molar-refractivity contribution in [2.45, 2.75) is 33.1 Å². The predicted octanol–water partition coefficient (Wildman–Crippen LogP) is 4.09. The van der Waals surface area contributed by atoms with E-state index < -0.39 is 0 Å². The van der Waals surface area contributed by atoms with Gasteiger partial charge in [0.05, 0.1) is 0 Å². The number of aryl methyl sites for hydroxylation is 1. The van der Waals surface area contributed by atoms with Crippen molar-refractivity contribution in [2.75, 3.05) is 0 Å². The third-order valence-electron chi connectivity index (χ3n) is 2.53. The van der Waals surface area contributed by atoms with Gasteiger partial charge < -0.3 is 4.42 Å². The molecule has 0 unspecified atom stereocenters. The molecule has 2 nitrogen and oxygen atoms in total. The highest BCUT2D eigenvalue weighted by Crippen LogP contribution is 2.29. The van der Waals surface area contributed by atoms with E-state index in [9.17, 15) is 0 Å². The average molecular weight is 224 g/mol. The largest absolute Gasteiger partial charge is 0.428 e. The summed E-state index contributed by atoms with van der Waals surface area (Å²) in [6.07, 6.45) is 0. The van der Waals surface area contributed by atoms with E-state index in [1.165, 1.54) is 5.56 Å². The molecule has 3 heteroatoms. The zero-order chi connectivity index (χ0) is 11.2. The maximum Gasteiger partial charge on any atom is 0.293 e. The van der Waals surface area contributed by atoms with E-state index in [1.54, 1.807) is 0 Å². The summed E-state index contributed by atoms with van der Waals surface area (Å²) in [5.74, 6) is 0. The fourth-order valence-electron chi connectivity index (χ4n) is 1.60. The van der Waals surface area contributed by atoms with Gasteiger partial charge in [0, 0.05) is 0 Å². The quantitative estimate of drug-likeness (QED) is 0.673. The summed E-state index contributed by atoms with van der Waals surface area (Å²) in [5.41, 5.74) is 4.07. The van der Waals surface area contributed by atoms with Gasteiger partial charge in [0.15, 0.2) is 5.58 Å². The van der Waals surface area contributed by atoms with E-state index in [0.29, 0.717) is 0 Å². The number of rotatable bonds is 0. The van der Waals surface area contributed by atoms with Gasteiger partial charge in [-0.1, -0.05) is 26.8 Å². The molecule has 0 aliphatic rings. The van der Waals surface area contributed by atoms with E-state index in [2.05, 4.69) is 31.8 Å². The van der Waals surface area contributed by atoms with Crippen molar-refractivity contribution >= 4 is 22.7 Å². The standard InChI is InChI=1S/C12H14ClNO/c1-7-5-8(12(2,3)4)6-9-10(7)14-11(13)15-9/h5-6H,1-4H3. The number of fused-ring (bicyclic) bond motifs is 1. The normalized spacial score (nSPS) is 12.3. The second-order valence-corrected chi connectivity index (χ2v) is 5.18. The zero-order valence-electron chi connectivity index (χ0n) is 9.39. The van der Waals surface area contributed by atoms with Gasteiger partial charge in [-0.05, 0) is 41.1 Å². The summed E-state index contributed by atoms with van der Waals surface area (Å²) < 4.78 is 5.34. The highest BCUT2D eigenvalue weighted by atomic mass is 35.5. The van der Waals surface area contributed by atoms with Gasteiger partial charge in [-0.3, -0.25) is 0 Å². The minimum atomic E-state index is 0.109. The van der Waals surface area contributed by atoms with Crippen molar-refractivity contribution in [3.63, 3.8) is 0 Å². The molecule has 15 heavy (non-hydrogen) atoms. The second kappa shape index (κ2) is 3.24. The molecule has 1 aromatic carbocycles. The van der Waals surface area contributed by atoms with Crippen LogP contribution in [0.1, 0.15) is 31.9 Å². The van der Waals surface area contributed by atoms with E-state index in [-0.39, 0.29) is 10.8 Å². The maximum absolute atomic E-state index is 5.74. The number of hydrogen-bond acceptors (Lipinski definition) is 2. The molecular weight excluding hydrogens is 210 g/mol. The van der Waals surface area contributed by atoms with E-state index in [1.807, 2.05) is 13.0 Å². The summed E-state index contributed by atoms with van der Waals surface area (Å²) in [6, 6.07) is 4.16. The van der Waals surface area contributed by atoms with Gasteiger partial charge in [-0.25, -0.2) is 0 Å². The third kappa shape index (κ3) is 1.86. The molecule has 0 N–H and O–H groups in total. The minimum Gasteiger partial charge on any atom is -0.428 e. The first-order valence-electron chi connectivity index (χ1n) is 4.95. The Morgan fingerprint density at radius 2 is 1.93 bits per heavy atom. The van der Waals surface area contributed by atoms with Gasteiger partial charge in [-0.15, -0.1) is 0 Å². The third-order valence-corrected chi connectivity index (χ3v) is 2.69. The molecule has 2 aromatic rings. The van der Waals surface area contributed by atoms with Gasteiger partial charge >= 0.3 is 0 Å². The Labute approximate surface area is 94.3 Å². The first-order valence-corrected chi connectivity index (χ1v) is 5.33. The molecular formula is C12H14ClNO. The van der Waals surface area contributed by atoms with Crippen molar-refractivity contribution in [2.24, 2.45) is 0 Å². The van der Waals surface area contributed by atoms with Gasteiger partial charge in [0.2, 0.25) is 0 Å². The molecule has 0 radical (unpaired) electrons. The van der Waals surface area contributed by atoms with E-state index in [0.717, 1.165) is 16.7 Å². The molecule has 2 rings (SSSR count). The monoisotopic (exact) mass is 223 g/mol. The summed E-state index contributed by atoms with van der Waals surface area (Å²) >= 11 is 5.74. The summed E-state index contributed by atoms with van der Waals surface area (Å²) in [6.45, 7) is 8.54.